The van der Waals surface area contributed by atoms with Gasteiger partial charge in [0.1, 0.15) is 0 Å². The third-order valence-electron chi connectivity index (χ3n) is 3.66. The number of aryl methyl sites for hydroxylation is 1. The lowest BCUT2D eigenvalue weighted by molar-refractivity contribution is -0.137. The summed E-state index contributed by atoms with van der Waals surface area (Å²) in [5.74, 6) is -0.768. The van der Waals surface area contributed by atoms with Gasteiger partial charge in [-0.2, -0.15) is 11.3 Å². The first-order chi connectivity index (χ1) is 9.65. The molecule has 20 heavy (non-hydrogen) atoms. The number of rotatable bonds is 4. The summed E-state index contributed by atoms with van der Waals surface area (Å²) >= 11 is 1.60. The van der Waals surface area contributed by atoms with E-state index >= 15 is 0 Å². The zero-order chi connectivity index (χ0) is 14.1. The number of thiophene rings is 1. The molecule has 1 aliphatic rings. The molecule has 4 nitrogen and oxygen atoms in total. The van der Waals surface area contributed by atoms with Crippen molar-refractivity contribution in [2.75, 3.05) is 11.4 Å². The highest BCUT2D eigenvalue weighted by molar-refractivity contribution is 7.08. The zero-order valence-electron chi connectivity index (χ0n) is 11.2. The Morgan fingerprint density at radius 2 is 2.45 bits per heavy atom. The SMILES string of the molecule is Cc1cnc2c(c1)N(C(CC(=O)O)c1ccsc1)CC2. The number of aromatic nitrogens is 1. The van der Waals surface area contributed by atoms with Gasteiger partial charge in [-0.15, -0.1) is 0 Å². The summed E-state index contributed by atoms with van der Waals surface area (Å²) in [6, 6.07) is 4.01. The van der Waals surface area contributed by atoms with Gasteiger partial charge in [-0.3, -0.25) is 9.78 Å². The Labute approximate surface area is 121 Å². The van der Waals surface area contributed by atoms with Gasteiger partial charge in [0, 0.05) is 19.2 Å². The van der Waals surface area contributed by atoms with Crippen LogP contribution in [0.1, 0.15) is 29.3 Å². The molecule has 104 valence electrons. The standard InChI is InChI=1S/C15H16N2O2S/c1-10-6-14-12(16-8-10)2-4-17(14)13(7-15(18)19)11-3-5-20-9-11/h3,5-6,8-9,13H,2,4,7H2,1H3,(H,18,19). The summed E-state index contributed by atoms with van der Waals surface area (Å²) in [5.41, 5.74) is 4.34. The molecule has 3 rings (SSSR count). The number of carboxylic acid groups (broad SMARTS) is 1. The summed E-state index contributed by atoms with van der Waals surface area (Å²) in [7, 11) is 0. The van der Waals surface area contributed by atoms with Gasteiger partial charge in [0.05, 0.1) is 23.8 Å². The van der Waals surface area contributed by atoms with Crippen molar-refractivity contribution >= 4 is 23.0 Å². The van der Waals surface area contributed by atoms with Gasteiger partial charge in [-0.25, -0.2) is 0 Å². The van der Waals surface area contributed by atoms with Gasteiger partial charge in [0.25, 0.3) is 0 Å². The Kier molecular flexibility index (Phi) is 3.44. The monoisotopic (exact) mass is 288 g/mol. The van der Waals surface area contributed by atoms with Crippen LogP contribution in [-0.2, 0) is 11.2 Å². The Morgan fingerprint density at radius 3 is 3.15 bits per heavy atom. The first-order valence-corrected chi connectivity index (χ1v) is 7.55. The lowest BCUT2D eigenvalue weighted by atomic mass is 10.1. The van der Waals surface area contributed by atoms with Crippen LogP contribution in [0.15, 0.2) is 29.1 Å². The Balaban J connectivity index is 1.98. The van der Waals surface area contributed by atoms with Gasteiger partial charge < -0.3 is 10.0 Å². The van der Waals surface area contributed by atoms with Crippen molar-refractivity contribution in [3.63, 3.8) is 0 Å². The molecule has 1 aliphatic heterocycles. The molecule has 1 unspecified atom stereocenters. The second-order valence-corrected chi connectivity index (χ2v) is 5.87. The molecule has 0 saturated heterocycles. The summed E-state index contributed by atoms with van der Waals surface area (Å²) in [4.78, 5) is 17.9. The van der Waals surface area contributed by atoms with Crippen LogP contribution in [0.4, 0.5) is 5.69 Å². The topological polar surface area (TPSA) is 53.4 Å². The molecule has 0 saturated carbocycles. The van der Waals surface area contributed by atoms with Crippen LogP contribution in [0.5, 0.6) is 0 Å². The Hall–Kier alpha value is -1.88. The number of hydrogen-bond donors (Lipinski definition) is 1. The molecular formula is C15H16N2O2S. The third-order valence-corrected chi connectivity index (χ3v) is 4.36. The molecule has 3 heterocycles. The van der Waals surface area contributed by atoms with E-state index in [0.717, 1.165) is 35.5 Å². The first-order valence-electron chi connectivity index (χ1n) is 6.61. The van der Waals surface area contributed by atoms with Gasteiger partial charge >= 0.3 is 5.97 Å². The number of carboxylic acids is 1. The Bertz CT molecular complexity index is 625. The van der Waals surface area contributed by atoms with Gasteiger partial charge in [-0.1, -0.05) is 0 Å². The highest BCUT2D eigenvalue weighted by Crippen LogP contribution is 2.36. The number of pyridine rings is 1. The first kappa shape index (κ1) is 13.1. The fraction of sp³-hybridized carbons (Fsp3) is 0.333. The second kappa shape index (κ2) is 5.25. The minimum Gasteiger partial charge on any atom is -0.481 e. The van der Waals surface area contributed by atoms with Crippen LogP contribution >= 0.6 is 11.3 Å². The van der Waals surface area contributed by atoms with E-state index in [1.807, 2.05) is 29.9 Å². The Morgan fingerprint density at radius 1 is 1.60 bits per heavy atom. The smallest absolute Gasteiger partial charge is 0.305 e. The maximum Gasteiger partial charge on any atom is 0.305 e. The maximum absolute atomic E-state index is 11.2. The van der Waals surface area contributed by atoms with Crippen molar-refractivity contribution < 1.29 is 9.90 Å². The van der Waals surface area contributed by atoms with E-state index in [9.17, 15) is 9.90 Å². The van der Waals surface area contributed by atoms with E-state index in [-0.39, 0.29) is 12.5 Å². The molecule has 0 aliphatic carbocycles. The lowest BCUT2D eigenvalue weighted by Crippen LogP contribution is -2.28. The van der Waals surface area contributed by atoms with E-state index in [1.54, 1.807) is 11.3 Å². The molecule has 0 radical (unpaired) electrons. The second-order valence-electron chi connectivity index (χ2n) is 5.09. The third kappa shape index (κ3) is 2.41. The fourth-order valence-corrected chi connectivity index (χ4v) is 3.44. The molecule has 0 bridgehead atoms. The minimum atomic E-state index is -0.768. The van der Waals surface area contributed by atoms with Crippen LogP contribution in [0.3, 0.4) is 0 Å². The number of fused-ring (bicyclic) bond motifs is 1. The predicted octanol–water partition coefficient (Wildman–Crippen LogP) is 3.03. The molecule has 1 atom stereocenters. The number of nitrogens with zero attached hydrogens (tertiary/aromatic N) is 2. The van der Waals surface area contributed by atoms with Crippen LogP contribution in [0.25, 0.3) is 0 Å². The van der Waals surface area contributed by atoms with E-state index in [4.69, 9.17) is 0 Å². The molecule has 0 amide bonds. The summed E-state index contributed by atoms with van der Waals surface area (Å²) < 4.78 is 0. The van der Waals surface area contributed by atoms with Crippen molar-refractivity contribution in [2.24, 2.45) is 0 Å². The highest BCUT2D eigenvalue weighted by Gasteiger charge is 2.29. The predicted molar refractivity (Wildman–Crippen MR) is 79.3 cm³/mol. The average Bonchev–Trinajstić information content (AvgIpc) is 3.05. The summed E-state index contributed by atoms with van der Waals surface area (Å²) in [6.07, 6.45) is 2.87. The van der Waals surface area contributed by atoms with Crippen molar-refractivity contribution in [3.8, 4) is 0 Å². The van der Waals surface area contributed by atoms with Gasteiger partial charge in [-0.05, 0) is 40.9 Å². The van der Waals surface area contributed by atoms with Crippen molar-refractivity contribution in [2.45, 2.75) is 25.8 Å². The molecule has 1 N–H and O–H groups in total. The summed E-state index contributed by atoms with van der Waals surface area (Å²) in [6.45, 7) is 2.85. The molecule has 0 fully saturated rings. The van der Waals surface area contributed by atoms with E-state index in [1.165, 1.54) is 0 Å². The molecule has 2 aromatic heterocycles. The van der Waals surface area contributed by atoms with E-state index < -0.39 is 5.97 Å². The molecule has 0 spiro atoms. The molecule has 0 aromatic carbocycles. The van der Waals surface area contributed by atoms with Crippen LogP contribution in [-0.4, -0.2) is 22.6 Å². The van der Waals surface area contributed by atoms with Crippen LogP contribution < -0.4 is 4.90 Å². The number of carbonyl (C=O) groups is 1. The molecule has 2 aromatic rings. The molecule has 5 heteroatoms. The maximum atomic E-state index is 11.2. The number of anilines is 1. The van der Waals surface area contributed by atoms with Gasteiger partial charge in [0.15, 0.2) is 0 Å². The highest BCUT2D eigenvalue weighted by atomic mass is 32.1. The average molecular weight is 288 g/mol. The largest absolute Gasteiger partial charge is 0.481 e. The van der Waals surface area contributed by atoms with E-state index in [2.05, 4.69) is 16.0 Å². The van der Waals surface area contributed by atoms with Crippen molar-refractivity contribution in [1.82, 2.24) is 4.98 Å². The lowest BCUT2D eigenvalue weighted by Gasteiger charge is -2.29. The zero-order valence-corrected chi connectivity index (χ0v) is 12.1. The number of hydrogen-bond acceptors (Lipinski definition) is 4. The number of aliphatic carboxylic acids is 1. The quantitative estimate of drug-likeness (QED) is 0.939. The van der Waals surface area contributed by atoms with Crippen molar-refractivity contribution in [3.05, 3.63) is 45.9 Å². The normalized spacial score (nSPS) is 15.2. The van der Waals surface area contributed by atoms with Gasteiger partial charge in [0.2, 0.25) is 0 Å². The van der Waals surface area contributed by atoms with Crippen molar-refractivity contribution in [1.29, 1.82) is 0 Å². The van der Waals surface area contributed by atoms with Crippen LogP contribution in [0.2, 0.25) is 0 Å². The molecular weight excluding hydrogens is 272 g/mol. The fourth-order valence-electron chi connectivity index (χ4n) is 2.73. The van der Waals surface area contributed by atoms with E-state index in [0.29, 0.717) is 0 Å². The van der Waals surface area contributed by atoms with Crippen LogP contribution in [0, 0.1) is 6.92 Å². The summed E-state index contributed by atoms with van der Waals surface area (Å²) in [5, 5.41) is 13.2. The minimum absolute atomic E-state index is 0.108.